The molecule has 8 heteroatoms. The van der Waals surface area contributed by atoms with Crippen molar-refractivity contribution in [2.24, 2.45) is 5.73 Å². The summed E-state index contributed by atoms with van der Waals surface area (Å²) in [6.45, 7) is 0.165. The molecule has 4 N–H and O–H groups in total. The van der Waals surface area contributed by atoms with Gasteiger partial charge in [0.05, 0.1) is 12.2 Å². The Morgan fingerprint density at radius 1 is 1.59 bits per heavy atom. The third kappa shape index (κ3) is 5.56. The van der Waals surface area contributed by atoms with Gasteiger partial charge >= 0.3 is 0 Å². The summed E-state index contributed by atoms with van der Waals surface area (Å²) in [5, 5.41) is 12.5. The zero-order valence-electron chi connectivity index (χ0n) is 9.30. The largest absolute Gasteiger partial charge is 0.641 e. The number of amides is 1. The van der Waals surface area contributed by atoms with E-state index in [0.29, 0.717) is 5.69 Å². The second-order valence-electron chi connectivity index (χ2n) is 3.20. The summed E-state index contributed by atoms with van der Waals surface area (Å²) in [6, 6.07) is -1.08. The Kier molecular flexibility index (Phi) is 7.33. The first-order valence-corrected chi connectivity index (χ1v) is 4.77. The molecular weight excluding hydrogens is 278 g/mol. The van der Waals surface area contributed by atoms with Crippen molar-refractivity contribution < 1.29 is 34.2 Å². The van der Waals surface area contributed by atoms with Crippen LogP contribution in [-0.2, 0) is 35.5 Å². The molecular formula is C9H13N4O3Zn-. The van der Waals surface area contributed by atoms with Gasteiger partial charge in [0.2, 0.25) is 0 Å². The van der Waals surface area contributed by atoms with E-state index < -0.39 is 17.9 Å². The van der Waals surface area contributed by atoms with Crippen molar-refractivity contribution in [2.45, 2.75) is 18.9 Å². The van der Waals surface area contributed by atoms with E-state index >= 15 is 0 Å². The summed E-state index contributed by atoms with van der Waals surface area (Å²) >= 11 is 0. The fourth-order valence-electron chi connectivity index (χ4n) is 1.15. The van der Waals surface area contributed by atoms with E-state index in [9.17, 15) is 9.59 Å². The fraction of sp³-hybridized carbons (Fsp3) is 0.444. The molecule has 0 aromatic carbocycles. The van der Waals surface area contributed by atoms with Crippen molar-refractivity contribution in [3.05, 3.63) is 23.5 Å². The van der Waals surface area contributed by atoms with Crippen molar-refractivity contribution in [3.8, 4) is 0 Å². The SMILES string of the molecule is NCCC(=O)[N-][C@H](Cc1cnc[nH]1)C(=O)O.[Zn]. The van der Waals surface area contributed by atoms with Gasteiger partial charge in [0.25, 0.3) is 5.97 Å². The number of nitrogens with zero attached hydrogens (tertiary/aromatic N) is 2. The van der Waals surface area contributed by atoms with Crippen LogP contribution >= 0.6 is 0 Å². The fourth-order valence-corrected chi connectivity index (χ4v) is 1.15. The van der Waals surface area contributed by atoms with Crippen LogP contribution in [0.4, 0.5) is 0 Å². The molecule has 0 spiro atoms. The van der Waals surface area contributed by atoms with Crippen LogP contribution in [0.2, 0.25) is 0 Å². The smallest absolute Gasteiger partial charge is 0.289 e. The average molecular weight is 291 g/mol. The number of carbonyl (C=O) groups excluding carboxylic acids is 1. The van der Waals surface area contributed by atoms with Crippen LogP contribution in [-0.4, -0.2) is 39.5 Å². The van der Waals surface area contributed by atoms with Gasteiger partial charge in [-0.05, 0) is 19.0 Å². The van der Waals surface area contributed by atoms with Crippen molar-refractivity contribution >= 4 is 11.9 Å². The predicted octanol–water partition coefficient (Wildman–Crippen LogP) is -0.348. The molecule has 0 aliphatic carbocycles. The first kappa shape index (κ1) is 15.7. The molecule has 0 bridgehead atoms. The number of nitrogens with two attached hydrogens (primary N) is 1. The maximum atomic E-state index is 11.2. The van der Waals surface area contributed by atoms with E-state index in [4.69, 9.17) is 10.8 Å². The Hall–Kier alpha value is -1.27. The topological polar surface area (TPSA) is 123 Å². The molecule has 1 rings (SSSR count). The maximum absolute atomic E-state index is 11.2. The van der Waals surface area contributed by atoms with Crippen molar-refractivity contribution in [3.63, 3.8) is 0 Å². The number of imidazole rings is 1. The van der Waals surface area contributed by atoms with Crippen LogP contribution in [0.1, 0.15) is 12.1 Å². The number of carbonyl (C=O) groups is 2. The Labute approximate surface area is 111 Å². The number of aromatic amines is 1. The molecule has 17 heavy (non-hydrogen) atoms. The molecule has 90 valence electrons. The minimum absolute atomic E-state index is 0. The number of aliphatic carboxylic acids is 1. The van der Waals surface area contributed by atoms with Gasteiger partial charge < -0.3 is 25.9 Å². The molecule has 1 atom stereocenters. The number of H-pyrrole nitrogens is 1. The third-order valence-corrected chi connectivity index (χ3v) is 1.91. The van der Waals surface area contributed by atoms with Crippen molar-refractivity contribution in [2.75, 3.05) is 6.54 Å². The quantitative estimate of drug-likeness (QED) is 0.618. The minimum Gasteiger partial charge on any atom is -0.641 e. The van der Waals surface area contributed by atoms with Gasteiger partial charge in [-0.3, -0.25) is 4.79 Å². The molecule has 1 aromatic heterocycles. The molecule has 7 nitrogen and oxygen atoms in total. The van der Waals surface area contributed by atoms with Gasteiger partial charge in [-0.15, -0.1) is 0 Å². The Balaban J connectivity index is 0.00000256. The molecule has 0 fully saturated rings. The second kappa shape index (κ2) is 7.92. The average Bonchev–Trinajstić information content (AvgIpc) is 2.69. The van der Waals surface area contributed by atoms with E-state index in [1.165, 1.54) is 12.5 Å². The zero-order chi connectivity index (χ0) is 12.0. The van der Waals surface area contributed by atoms with Crippen LogP contribution in [0.5, 0.6) is 0 Å². The molecule has 0 saturated heterocycles. The van der Waals surface area contributed by atoms with Crippen LogP contribution < -0.4 is 5.73 Å². The van der Waals surface area contributed by atoms with E-state index in [2.05, 4.69) is 15.3 Å². The molecule has 1 amide bonds. The van der Waals surface area contributed by atoms with E-state index in [1.54, 1.807) is 0 Å². The van der Waals surface area contributed by atoms with Gasteiger partial charge in [0.1, 0.15) is 0 Å². The van der Waals surface area contributed by atoms with E-state index in [1.807, 2.05) is 0 Å². The summed E-state index contributed by atoms with van der Waals surface area (Å²) < 4.78 is 0. The minimum atomic E-state index is -1.14. The first-order valence-electron chi connectivity index (χ1n) is 4.77. The predicted molar refractivity (Wildman–Crippen MR) is 55.8 cm³/mol. The van der Waals surface area contributed by atoms with Crippen molar-refractivity contribution in [1.29, 1.82) is 0 Å². The maximum Gasteiger partial charge on any atom is 0.289 e. The van der Waals surface area contributed by atoms with Crippen LogP contribution in [0.15, 0.2) is 12.5 Å². The van der Waals surface area contributed by atoms with Gasteiger partial charge in [0, 0.05) is 37.8 Å². The zero-order valence-corrected chi connectivity index (χ0v) is 12.3. The van der Waals surface area contributed by atoms with E-state index in [0.717, 1.165) is 0 Å². The molecule has 0 aliphatic rings. The van der Waals surface area contributed by atoms with Crippen LogP contribution in [0.25, 0.3) is 5.32 Å². The number of nitrogens with one attached hydrogen (secondary N) is 1. The number of hydrogen-bond donors (Lipinski definition) is 3. The first-order chi connectivity index (χ1) is 7.63. The molecule has 0 saturated carbocycles. The van der Waals surface area contributed by atoms with Gasteiger partial charge in [-0.25, -0.2) is 4.98 Å². The molecule has 0 aliphatic heterocycles. The monoisotopic (exact) mass is 289 g/mol. The summed E-state index contributed by atoms with van der Waals surface area (Å²) in [5.41, 5.74) is 5.79. The summed E-state index contributed by atoms with van der Waals surface area (Å²) in [4.78, 5) is 28.5. The molecule has 1 heterocycles. The molecule has 1 aromatic rings. The van der Waals surface area contributed by atoms with E-state index in [-0.39, 0.29) is 38.9 Å². The Morgan fingerprint density at radius 2 is 2.29 bits per heavy atom. The molecule has 0 radical (unpaired) electrons. The third-order valence-electron chi connectivity index (χ3n) is 1.91. The number of aromatic nitrogens is 2. The summed E-state index contributed by atoms with van der Waals surface area (Å²) in [7, 11) is 0. The number of hydrogen-bond acceptors (Lipinski definition) is 4. The van der Waals surface area contributed by atoms with Crippen LogP contribution in [0.3, 0.4) is 0 Å². The number of carboxylic acid groups (broad SMARTS) is 1. The van der Waals surface area contributed by atoms with Gasteiger partial charge in [-0.1, -0.05) is 0 Å². The van der Waals surface area contributed by atoms with Gasteiger partial charge in [-0.2, -0.15) is 0 Å². The number of carboxylic acids is 1. The standard InChI is InChI=1S/C9H14N4O3.Zn/c10-2-1-8(14)13-7(9(15)16)3-6-4-11-5-12-6;/h4-5,7H,1-3,10H2,(H3,11,12,13,14,15,16);/p-1/t7-;/m1./s1. The number of rotatable bonds is 6. The summed E-state index contributed by atoms with van der Waals surface area (Å²) in [5.74, 6) is -1.63. The van der Waals surface area contributed by atoms with Gasteiger partial charge in [0.15, 0.2) is 0 Å². The molecule has 0 unspecified atom stereocenters. The van der Waals surface area contributed by atoms with Crippen LogP contribution in [0, 0.1) is 0 Å². The second-order valence-corrected chi connectivity index (χ2v) is 3.20. The Bertz CT molecular complexity index is 355. The van der Waals surface area contributed by atoms with Crippen molar-refractivity contribution in [1.82, 2.24) is 9.97 Å². The Morgan fingerprint density at radius 3 is 2.76 bits per heavy atom. The summed E-state index contributed by atoms with van der Waals surface area (Å²) in [6.07, 6.45) is 3.12. The normalized spacial score (nSPS) is 11.4.